The maximum Gasteiger partial charge on any atom is 0.311 e. The van der Waals surface area contributed by atoms with Gasteiger partial charge in [-0.3, -0.25) is 9.59 Å². The summed E-state index contributed by atoms with van der Waals surface area (Å²) in [6, 6.07) is 6.78. The molecule has 0 aliphatic carbocycles. The van der Waals surface area contributed by atoms with E-state index in [2.05, 4.69) is 13.8 Å². The summed E-state index contributed by atoms with van der Waals surface area (Å²) in [4.78, 5) is 23.3. The molecule has 0 radical (unpaired) electrons. The predicted octanol–water partition coefficient (Wildman–Crippen LogP) is 6.35. The van der Waals surface area contributed by atoms with Crippen LogP contribution in [-0.2, 0) is 14.3 Å². The molecule has 27 heavy (non-hydrogen) atoms. The number of carbonyl (C=O) groups excluding carboxylic acids is 2. The summed E-state index contributed by atoms with van der Waals surface area (Å²) in [5.41, 5.74) is 0. The third-order valence-electron chi connectivity index (χ3n) is 4.25. The van der Waals surface area contributed by atoms with Crippen molar-refractivity contribution in [1.29, 1.82) is 0 Å². The molecule has 1 aromatic carbocycles. The smallest absolute Gasteiger partial charge is 0.311 e. The van der Waals surface area contributed by atoms with Gasteiger partial charge in [0.1, 0.15) is 5.75 Å². The van der Waals surface area contributed by atoms with Gasteiger partial charge in [-0.05, 0) is 55.9 Å². The Hall–Kier alpha value is -1.55. The van der Waals surface area contributed by atoms with Crippen LogP contribution < -0.4 is 4.74 Å². The van der Waals surface area contributed by atoms with E-state index in [9.17, 15) is 9.59 Å². The number of benzene rings is 1. The summed E-state index contributed by atoms with van der Waals surface area (Å²) in [6.07, 6.45) is 8.84. The molecular formula is C22H33ClO4. The van der Waals surface area contributed by atoms with Crippen LogP contribution in [0.3, 0.4) is 0 Å². The molecule has 0 saturated heterocycles. The second-order valence-corrected chi connectivity index (χ2v) is 7.74. The SMILES string of the molecule is CC(C)CCCOC(=O)CCCCCCCCC(=O)Oc1ccc(Cl)cc1. The van der Waals surface area contributed by atoms with Crippen molar-refractivity contribution in [2.24, 2.45) is 5.92 Å². The second-order valence-electron chi connectivity index (χ2n) is 7.31. The third-order valence-corrected chi connectivity index (χ3v) is 4.50. The van der Waals surface area contributed by atoms with Crippen molar-refractivity contribution < 1.29 is 19.1 Å². The summed E-state index contributed by atoms with van der Waals surface area (Å²) >= 11 is 5.79. The summed E-state index contributed by atoms with van der Waals surface area (Å²) in [5.74, 6) is 0.893. The molecule has 1 rings (SSSR count). The van der Waals surface area contributed by atoms with Crippen molar-refractivity contribution in [3.8, 4) is 5.75 Å². The van der Waals surface area contributed by atoms with Crippen LogP contribution in [0, 0.1) is 5.92 Å². The fourth-order valence-corrected chi connectivity index (χ4v) is 2.81. The second kappa shape index (κ2) is 14.5. The minimum absolute atomic E-state index is 0.0799. The number of halogens is 1. The van der Waals surface area contributed by atoms with Gasteiger partial charge in [0, 0.05) is 17.9 Å². The van der Waals surface area contributed by atoms with Gasteiger partial charge in [-0.15, -0.1) is 0 Å². The van der Waals surface area contributed by atoms with Crippen molar-refractivity contribution in [2.75, 3.05) is 6.61 Å². The Bertz CT molecular complexity index is 540. The molecule has 0 aromatic heterocycles. The first-order valence-electron chi connectivity index (χ1n) is 10.1. The molecule has 0 heterocycles. The van der Waals surface area contributed by atoms with Gasteiger partial charge in [0.05, 0.1) is 6.61 Å². The van der Waals surface area contributed by atoms with E-state index in [0.29, 0.717) is 36.1 Å². The quantitative estimate of drug-likeness (QED) is 0.209. The topological polar surface area (TPSA) is 52.6 Å². The zero-order chi connectivity index (χ0) is 19.9. The lowest BCUT2D eigenvalue weighted by molar-refractivity contribution is -0.144. The van der Waals surface area contributed by atoms with Gasteiger partial charge in [-0.2, -0.15) is 0 Å². The summed E-state index contributed by atoms with van der Waals surface area (Å²) in [6.45, 7) is 4.89. The van der Waals surface area contributed by atoms with Gasteiger partial charge in [-0.25, -0.2) is 0 Å². The molecule has 1 aromatic rings. The Balaban J connectivity index is 1.91. The Morgan fingerprint density at radius 2 is 1.41 bits per heavy atom. The minimum Gasteiger partial charge on any atom is -0.466 e. The van der Waals surface area contributed by atoms with Crippen LogP contribution in [0.15, 0.2) is 24.3 Å². The van der Waals surface area contributed by atoms with Crippen molar-refractivity contribution in [3.63, 3.8) is 0 Å². The van der Waals surface area contributed by atoms with Gasteiger partial charge in [-0.1, -0.05) is 51.1 Å². The highest BCUT2D eigenvalue weighted by atomic mass is 35.5. The first kappa shape index (κ1) is 23.5. The Labute approximate surface area is 168 Å². The van der Waals surface area contributed by atoms with E-state index < -0.39 is 0 Å². The van der Waals surface area contributed by atoms with E-state index in [4.69, 9.17) is 21.1 Å². The lowest BCUT2D eigenvalue weighted by atomic mass is 10.1. The average Bonchev–Trinajstić information content (AvgIpc) is 2.62. The summed E-state index contributed by atoms with van der Waals surface area (Å²) in [7, 11) is 0. The van der Waals surface area contributed by atoms with Crippen LogP contribution in [0.5, 0.6) is 5.75 Å². The number of carbonyl (C=O) groups is 2. The molecule has 0 saturated carbocycles. The highest BCUT2D eigenvalue weighted by molar-refractivity contribution is 6.30. The van der Waals surface area contributed by atoms with E-state index in [1.807, 2.05) is 0 Å². The van der Waals surface area contributed by atoms with E-state index in [0.717, 1.165) is 51.4 Å². The van der Waals surface area contributed by atoms with Gasteiger partial charge in [0.2, 0.25) is 0 Å². The normalized spacial score (nSPS) is 10.8. The van der Waals surface area contributed by atoms with Crippen LogP contribution in [0.2, 0.25) is 5.02 Å². The van der Waals surface area contributed by atoms with Crippen LogP contribution in [0.25, 0.3) is 0 Å². The zero-order valence-corrected chi connectivity index (χ0v) is 17.4. The van der Waals surface area contributed by atoms with Crippen LogP contribution >= 0.6 is 11.6 Å². The van der Waals surface area contributed by atoms with E-state index >= 15 is 0 Å². The minimum atomic E-state index is -0.211. The van der Waals surface area contributed by atoms with Crippen LogP contribution in [-0.4, -0.2) is 18.5 Å². The molecule has 0 fully saturated rings. The van der Waals surface area contributed by atoms with Crippen molar-refractivity contribution in [1.82, 2.24) is 0 Å². The molecule has 0 bridgehead atoms. The Morgan fingerprint density at radius 3 is 2.00 bits per heavy atom. The van der Waals surface area contributed by atoms with E-state index in [1.54, 1.807) is 24.3 Å². The summed E-state index contributed by atoms with van der Waals surface area (Å²) < 4.78 is 10.5. The van der Waals surface area contributed by atoms with Gasteiger partial charge < -0.3 is 9.47 Å². The molecule has 152 valence electrons. The summed E-state index contributed by atoms with van der Waals surface area (Å²) in [5, 5.41) is 0.620. The number of hydrogen-bond acceptors (Lipinski definition) is 4. The number of ether oxygens (including phenoxy) is 2. The molecule has 0 aliphatic rings. The maximum atomic E-state index is 11.7. The van der Waals surface area contributed by atoms with Crippen molar-refractivity contribution in [2.45, 2.75) is 78.1 Å². The third kappa shape index (κ3) is 13.3. The first-order valence-corrected chi connectivity index (χ1v) is 10.5. The highest BCUT2D eigenvalue weighted by Gasteiger charge is 2.05. The van der Waals surface area contributed by atoms with Gasteiger partial charge in [0.15, 0.2) is 0 Å². The molecule has 5 heteroatoms. The van der Waals surface area contributed by atoms with Gasteiger partial charge >= 0.3 is 11.9 Å². The molecule has 0 spiro atoms. The molecule has 0 atom stereocenters. The number of hydrogen-bond donors (Lipinski definition) is 0. The molecule has 0 amide bonds. The van der Waals surface area contributed by atoms with E-state index in [-0.39, 0.29) is 11.9 Å². The maximum absolute atomic E-state index is 11.7. The molecule has 4 nitrogen and oxygen atoms in total. The molecule has 0 N–H and O–H groups in total. The van der Waals surface area contributed by atoms with Crippen molar-refractivity contribution >= 4 is 23.5 Å². The number of unbranched alkanes of at least 4 members (excludes halogenated alkanes) is 5. The molecular weight excluding hydrogens is 364 g/mol. The number of esters is 2. The predicted molar refractivity (Wildman–Crippen MR) is 109 cm³/mol. The zero-order valence-electron chi connectivity index (χ0n) is 16.7. The lowest BCUT2D eigenvalue weighted by Crippen LogP contribution is -2.07. The largest absolute Gasteiger partial charge is 0.466 e. The van der Waals surface area contributed by atoms with Crippen molar-refractivity contribution in [3.05, 3.63) is 29.3 Å². The molecule has 0 aliphatic heterocycles. The standard InChI is InChI=1S/C22H33ClO4/c1-18(2)10-9-17-26-21(24)11-7-5-3-4-6-8-12-22(25)27-20-15-13-19(23)14-16-20/h13-16,18H,3-12,17H2,1-2H3. The lowest BCUT2D eigenvalue weighted by Gasteiger charge is -2.06. The Morgan fingerprint density at radius 1 is 0.852 bits per heavy atom. The first-order chi connectivity index (χ1) is 13.0. The molecule has 0 unspecified atom stereocenters. The van der Waals surface area contributed by atoms with Crippen LogP contribution in [0.1, 0.15) is 78.1 Å². The van der Waals surface area contributed by atoms with Gasteiger partial charge in [0.25, 0.3) is 0 Å². The Kier molecular flexibility index (Phi) is 12.6. The highest BCUT2D eigenvalue weighted by Crippen LogP contribution is 2.17. The van der Waals surface area contributed by atoms with E-state index in [1.165, 1.54) is 0 Å². The fourth-order valence-electron chi connectivity index (χ4n) is 2.68. The average molecular weight is 397 g/mol. The number of rotatable bonds is 14. The monoisotopic (exact) mass is 396 g/mol. The fraction of sp³-hybridized carbons (Fsp3) is 0.636. The van der Waals surface area contributed by atoms with Crippen LogP contribution in [0.4, 0.5) is 0 Å².